The van der Waals surface area contributed by atoms with Crippen LogP contribution in [0.1, 0.15) is 45.4 Å². The molecule has 0 heterocycles. The summed E-state index contributed by atoms with van der Waals surface area (Å²) in [6.07, 6.45) is 6.77. The van der Waals surface area contributed by atoms with E-state index in [9.17, 15) is 4.79 Å². The molecule has 0 aliphatic heterocycles. The van der Waals surface area contributed by atoms with Crippen molar-refractivity contribution in [2.75, 3.05) is 0 Å². The first kappa shape index (κ1) is 11.0. The van der Waals surface area contributed by atoms with Gasteiger partial charge in [0.15, 0.2) is 0 Å². The predicted molar refractivity (Wildman–Crippen MR) is 54.4 cm³/mol. The number of rotatable bonds is 4. The van der Waals surface area contributed by atoms with Crippen LogP contribution in [0.5, 0.6) is 0 Å². The number of nitrogens with zero attached hydrogens (tertiary/aromatic N) is 1. The maximum Gasteiger partial charge on any atom is 0.221 e. The fourth-order valence-electron chi connectivity index (χ4n) is 1.98. The minimum Gasteiger partial charge on any atom is -0.341 e. The Balaban J connectivity index is 2.11. The summed E-state index contributed by atoms with van der Waals surface area (Å²) < 4.78 is 0. The normalized spacial score (nSPS) is 18.9. The van der Waals surface area contributed by atoms with Crippen molar-refractivity contribution in [2.45, 2.75) is 51.5 Å². The van der Waals surface area contributed by atoms with Crippen molar-refractivity contribution in [1.82, 2.24) is 5.32 Å². The summed E-state index contributed by atoms with van der Waals surface area (Å²) in [6.45, 7) is 1.70. The Labute approximate surface area is 85.5 Å². The van der Waals surface area contributed by atoms with E-state index in [-0.39, 0.29) is 11.9 Å². The van der Waals surface area contributed by atoms with Gasteiger partial charge in [0, 0.05) is 6.42 Å². The number of hydrogen-bond acceptors (Lipinski definition) is 2. The van der Waals surface area contributed by atoms with Crippen LogP contribution in [0.15, 0.2) is 0 Å². The molecule has 0 spiro atoms. The molecule has 0 aromatic carbocycles. The van der Waals surface area contributed by atoms with Crippen LogP contribution in [-0.4, -0.2) is 11.9 Å². The molecule has 0 bridgehead atoms. The van der Waals surface area contributed by atoms with E-state index >= 15 is 0 Å². The zero-order chi connectivity index (χ0) is 10.4. The minimum atomic E-state index is -0.355. The number of nitriles is 1. The summed E-state index contributed by atoms with van der Waals surface area (Å²) in [7, 11) is 0. The number of carbonyl (C=O) groups excluding carboxylic acids is 1. The molecule has 1 fully saturated rings. The van der Waals surface area contributed by atoms with Crippen LogP contribution in [-0.2, 0) is 4.79 Å². The Morgan fingerprint density at radius 2 is 2.21 bits per heavy atom. The molecule has 0 aromatic rings. The van der Waals surface area contributed by atoms with Crippen molar-refractivity contribution in [3.05, 3.63) is 0 Å². The molecule has 3 heteroatoms. The average molecular weight is 194 g/mol. The minimum absolute atomic E-state index is 0.0194. The smallest absolute Gasteiger partial charge is 0.221 e. The van der Waals surface area contributed by atoms with Gasteiger partial charge < -0.3 is 5.32 Å². The number of hydrogen-bond donors (Lipinski definition) is 1. The van der Waals surface area contributed by atoms with Crippen LogP contribution < -0.4 is 5.32 Å². The molecule has 0 saturated heterocycles. The Hall–Kier alpha value is -1.04. The van der Waals surface area contributed by atoms with Gasteiger partial charge in [0.25, 0.3) is 0 Å². The fraction of sp³-hybridized carbons (Fsp3) is 0.818. The van der Waals surface area contributed by atoms with E-state index in [4.69, 9.17) is 5.26 Å². The molecule has 1 atom stereocenters. The van der Waals surface area contributed by atoms with Gasteiger partial charge in [-0.05, 0) is 19.3 Å². The summed E-state index contributed by atoms with van der Waals surface area (Å²) >= 11 is 0. The first-order valence-corrected chi connectivity index (χ1v) is 5.41. The molecule has 1 unspecified atom stereocenters. The third-order valence-electron chi connectivity index (χ3n) is 2.83. The van der Waals surface area contributed by atoms with Crippen LogP contribution in [0.3, 0.4) is 0 Å². The number of carbonyl (C=O) groups is 1. The molecule has 3 nitrogen and oxygen atoms in total. The van der Waals surface area contributed by atoms with Gasteiger partial charge in [-0.1, -0.05) is 25.7 Å². The summed E-state index contributed by atoms with van der Waals surface area (Å²) in [5, 5.41) is 11.2. The molecule has 1 amide bonds. The molecule has 14 heavy (non-hydrogen) atoms. The van der Waals surface area contributed by atoms with E-state index in [1.807, 2.05) is 6.07 Å². The van der Waals surface area contributed by atoms with Gasteiger partial charge in [0.2, 0.25) is 5.91 Å². The van der Waals surface area contributed by atoms with Crippen molar-refractivity contribution in [2.24, 2.45) is 5.92 Å². The maximum absolute atomic E-state index is 11.3. The highest BCUT2D eigenvalue weighted by Gasteiger charge is 2.16. The zero-order valence-electron chi connectivity index (χ0n) is 8.75. The third-order valence-corrected chi connectivity index (χ3v) is 2.83. The lowest BCUT2D eigenvalue weighted by Crippen LogP contribution is -2.31. The second-order valence-electron chi connectivity index (χ2n) is 4.11. The van der Waals surface area contributed by atoms with Crippen molar-refractivity contribution >= 4 is 5.91 Å². The van der Waals surface area contributed by atoms with Crippen LogP contribution in [0.25, 0.3) is 0 Å². The highest BCUT2D eigenvalue weighted by atomic mass is 16.1. The van der Waals surface area contributed by atoms with E-state index in [0.717, 1.165) is 12.3 Å². The van der Waals surface area contributed by atoms with E-state index < -0.39 is 0 Å². The molecule has 1 aliphatic rings. The van der Waals surface area contributed by atoms with Gasteiger partial charge in [0.05, 0.1) is 6.07 Å². The molecule has 1 N–H and O–H groups in total. The van der Waals surface area contributed by atoms with Crippen LogP contribution >= 0.6 is 0 Å². The highest BCUT2D eigenvalue weighted by molar-refractivity contribution is 5.76. The lowest BCUT2D eigenvalue weighted by molar-refractivity contribution is -0.121. The van der Waals surface area contributed by atoms with Gasteiger partial charge in [-0.15, -0.1) is 0 Å². The first-order valence-electron chi connectivity index (χ1n) is 5.41. The molecule has 78 valence electrons. The Kier molecular flexibility index (Phi) is 4.45. The summed E-state index contributed by atoms with van der Waals surface area (Å²) in [6, 6.07) is 1.64. The van der Waals surface area contributed by atoms with Crippen LogP contribution in [0.2, 0.25) is 0 Å². The summed E-state index contributed by atoms with van der Waals surface area (Å²) in [4.78, 5) is 11.3. The number of amides is 1. The lowest BCUT2D eigenvalue weighted by Gasteiger charge is -2.09. The van der Waals surface area contributed by atoms with E-state index in [2.05, 4.69) is 5.32 Å². The molecule has 0 aromatic heterocycles. The second-order valence-corrected chi connectivity index (χ2v) is 4.11. The van der Waals surface area contributed by atoms with Gasteiger partial charge in [-0.2, -0.15) is 5.26 Å². The molecule has 1 aliphatic carbocycles. The van der Waals surface area contributed by atoms with Gasteiger partial charge in [0.1, 0.15) is 6.04 Å². The van der Waals surface area contributed by atoms with Gasteiger partial charge in [-0.25, -0.2) is 0 Å². The second kappa shape index (κ2) is 5.64. The molecule has 0 radical (unpaired) electrons. The van der Waals surface area contributed by atoms with E-state index in [1.54, 1.807) is 6.92 Å². The van der Waals surface area contributed by atoms with E-state index in [1.165, 1.54) is 25.7 Å². The zero-order valence-corrected chi connectivity index (χ0v) is 8.75. The maximum atomic E-state index is 11.3. The largest absolute Gasteiger partial charge is 0.341 e. The quantitative estimate of drug-likeness (QED) is 0.744. The third kappa shape index (κ3) is 3.78. The van der Waals surface area contributed by atoms with Crippen LogP contribution in [0, 0.1) is 17.2 Å². The standard InChI is InChI=1S/C11H18N2O/c1-9(8-12)13-11(14)7-6-10-4-2-3-5-10/h9-10H,2-7H2,1H3,(H,13,14). The number of nitrogens with one attached hydrogen (secondary N) is 1. The van der Waals surface area contributed by atoms with Crippen LogP contribution in [0.4, 0.5) is 0 Å². The topological polar surface area (TPSA) is 52.9 Å². The van der Waals surface area contributed by atoms with Crippen molar-refractivity contribution in [3.8, 4) is 6.07 Å². The van der Waals surface area contributed by atoms with Crippen molar-refractivity contribution in [1.29, 1.82) is 5.26 Å². The van der Waals surface area contributed by atoms with E-state index in [0.29, 0.717) is 6.42 Å². The molecular weight excluding hydrogens is 176 g/mol. The van der Waals surface area contributed by atoms with Gasteiger partial charge >= 0.3 is 0 Å². The summed E-state index contributed by atoms with van der Waals surface area (Å²) in [5.74, 6) is 0.768. The molecule has 1 saturated carbocycles. The summed E-state index contributed by atoms with van der Waals surface area (Å²) in [5.41, 5.74) is 0. The Morgan fingerprint density at radius 3 is 2.79 bits per heavy atom. The SMILES string of the molecule is CC(C#N)NC(=O)CCC1CCCC1. The van der Waals surface area contributed by atoms with Crippen molar-refractivity contribution < 1.29 is 4.79 Å². The Bertz CT molecular complexity index is 226. The highest BCUT2D eigenvalue weighted by Crippen LogP contribution is 2.28. The Morgan fingerprint density at radius 1 is 1.57 bits per heavy atom. The van der Waals surface area contributed by atoms with Gasteiger partial charge in [-0.3, -0.25) is 4.79 Å². The van der Waals surface area contributed by atoms with Crippen molar-refractivity contribution in [3.63, 3.8) is 0 Å². The fourth-order valence-corrected chi connectivity index (χ4v) is 1.98. The predicted octanol–water partition coefficient (Wildman–Crippen LogP) is 1.99. The first-order chi connectivity index (χ1) is 6.72. The monoisotopic (exact) mass is 194 g/mol. The molecular formula is C11H18N2O. The molecule has 1 rings (SSSR count). The lowest BCUT2D eigenvalue weighted by atomic mass is 10.0. The average Bonchev–Trinajstić information content (AvgIpc) is 2.67.